The summed E-state index contributed by atoms with van der Waals surface area (Å²) in [6, 6.07) is 8.62. The van der Waals surface area contributed by atoms with Gasteiger partial charge in [0.05, 0.1) is 29.5 Å². The largest absolute Gasteiger partial charge is 0.476 e. The number of rotatable bonds is 4. The number of nitrogens with one attached hydrogen (secondary N) is 1. The highest BCUT2D eigenvalue weighted by Gasteiger charge is 2.44. The number of hydrogen-bond donors (Lipinski definition) is 2. The number of aromatic nitrogens is 2. The molecule has 7 nitrogen and oxygen atoms in total. The zero-order valence-electron chi connectivity index (χ0n) is 12.9. The number of amides is 1. The monoisotopic (exact) mass is 327 g/mol. The molecule has 2 fully saturated rings. The molecule has 0 saturated carbocycles. The van der Waals surface area contributed by atoms with Gasteiger partial charge in [0.1, 0.15) is 0 Å². The summed E-state index contributed by atoms with van der Waals surface area (Å²) in [4.78, 5) is 23.6. The maximum atomic E-state index is 12.6. The van der Waals surface area contributed by atoms with E-state index in [0.29, 0.717) is 11.4 Å². The topological polar surface area (TPSA) is 93.5 Å². The van der Waals surface area contributed by atoms with Crippen molar-refractivity contribution in [1.82, 2.24) is 9.78 Å². The van der Waals surface area contributed by atoms with Crippen molar-refractivity contribution in [3.05, 3.63) is 42.2 Å². The first-order valence-corrected chi connectivity index (χ1v) is 7.96. The van der Waals surface area contributed by atoms with Crippen LogP contribution in [0.1, 0.15) is 29.8 Å². The number of hydrogen-bond acceptors (Lipinski definition) is 4. The summed E-state index contributed by atoms with van der Waals surface area (Å²) in [5.74, 6) is -1.27. The molecule has 2 bridgehead atoms. The van der Waals surface area contributed by atoms with Gasteiger partial charge in [-0.1, -0.05) is 12.1 Å². The molecule has 3 unspecified atom stereocenters. The Morgan fingerprint density at radius 2 is 2.08 bits per heavy atom. The molecule has 2 aromatic rings. The first-order chi connectivity index (χ1) is 11.6. The summed E-state index contributed by atoms with van der Waals surface area (Å²) in [6.45, 7) is 0. The molecule has 2 N–H and O–H groups in total. The number of carboxylic acid groups (broad SMARTS) is 1. The Morgan fingerprint density at radius 3 is 2.75 bits per heavy atom. The number of carbonyl (C=O) groups is 2. The first-order valence-electron chi connectivity index (χ1n) is 7.96. The Kier molecular flexibility index (Phi) is 3.57. The average Bonchev–Trinajstić information content (AvgIpc) is 3.31. The second-order valence-electron chi connectivity index (χ2n) is 6.17. The van der Waals surface area contributed by atoms with E-state index in [-0.39, 0.29) is 29.7 Å². The van der Waals surface area contributed by atoms with Gasteiger partial charge in [-0.25, -0.2) is 9.48 Å². The van der Waals surface area contributed by atoms with Crippen molar-refractivity contribution < 1.29 is 19.4 Å². The van der Waals surface area contributed by atoms with Gasteiger partial charge in [0, 0.05) is 6.20 Å². The van der Waals surface area contributed by atoms with Crippen LogP contribution in [0.2, 0.25) is 0 Å². The van der Waals surface area contributed by atoms with E-state index in [9.17, 15) is 9.59 Å². The van der Waals surface area contributed by atoms with E-state index in [1.807, 2.05) is 12.1 Å². The third-order valence-electron chi connectivity index (χ3n) is 4.66. The van der Waals surface area contributed by atoms with E-state index in [1.54, 1.807) is 18.3 Å². The minimum Gasteiger partial charge on any atom is -0.476 e. The van der Waals surface area contributed by atoms with Gasteiger partial charge in [-0.05, 0) is 37.5 Å². The number of anilines is 1. The molecule has 2 aliphatic rings. The minimum absolute atomic E-state index is 0.0190. The predicted molar refractivity (Wildman–Crippen MR) is 85.2 cm³/mol. The average molecular weight is 327 g/mol. The summed E-state index contributed by atoms with van der Waals surface area (Å²) in [7, 11) is 0. The number of benzene rings is 1. The fraction of sp³-hybridized carbons (Fsp3) is 0.353. The highest BCUT2D eigenvalue weighted by molar-refractivity contribution is 5.95. The number of aromatic carboxylic acids is 1. The van der Waals surface area contributed by atoms with Crippen molar-refractivity contribution in [1.29, 1.82) is 0 Å². The first kappa shape index (κ1) is 14.9. The Morgan fingerprint density at radius 1 is 1.25 bits per heavy atom. The maximum absolute atomic E-state index is 12.6. The van der Waals surface area contributed by atoms with Crippen LogP contribution in [0.3, 0.4) is 0 Å². The molecular weight excluding hydrogens is 310 g/mol. The van der Waals surface area contributed by atoms with Crippen LogP contribution in [0, 0.1) is 5.92 Å². The van der Waals surface area contributed by atoms with Gasteiger partial charge in [-0.2, -0.15) is 5.10 Å². The maximum Gasteiger partial charge on any atom is 0.356 e. The fourth-order valence-electron chi connectivity index (χ4n) is 3.49. The Hall–Kier alpha value is -2.67. The molecule has 2 saturated heterocycles. The molecule has 1 aromatic carbocycles. The molecule has 1 aromatic heterocycles. The van der Waals surface area contributed by atoms with Gasteiger partial charge in [0.2, 0.25) is 5.91 Å². The highest BCUT2D eigenvalue weighted by atomic mass is 16.5. The number of para-hydroxylation sites is 2. The van der Waals surface area contributed by atoms with Crippen LogP contribution in [-0.4, -0.2) is 39.0 Å². The predicted octanol–water partition coefficient (Wildman–Crippen LogP) is 2.08. The van der Waals surface area contributed by atoms with Crippen LogP contribution in [0.15, 0.2) is 36.5 Å². The lowest BCUT2D eigenvalue weighted by Crippen LogP contribution is -2.30. The quantitative estimate of drug-likeness (QED) is 0.897. The van der Waals surface area contributed by atoms with E-state index in [0.717, 1.165) is 19.3 Å². The van der Waals surface area contributed by atoms with E-state index < -0.39 is 5.97 Å². The molecule has 0 radical (unpaired) electrons. The molecule has 2 aliphatic heterocycles. The number of fused-ring (bicyclic) bond motifs is 2. The molecule has 3 heterocycles. The number of carbonyl (C=O) groups excluding carboxylic acids is 1. The van der Waals surface area contributed by atoms with Crippen molar-refractivity contribution in [2.75, 3.05) is 5.32 Å². The van der Waals surface area contributed by atoms with Crippen molar-refractivity contribution in [2.24, 2.45) is 5.92 Å². The molecule has 0 aliphatic carbocycles. The molecule has 0 spiro atoms. The van der Waals surface area contributed by atoms with Crippen molar-refractivity contribution in [2.45, 2.75) is 31.5 Å². The summed E-state index contributed by atoms with van der Waals surface area (Å²) in [5.41, 5.74) is 1.19. The van der Waals surface area contributed by atoms with Crippen molar-refractivity contribution >= 4 is 17.6 Å². The lowest BCUT2D eigenvalue weighted by molar-refractivity contribution is -0.121. The van der Waals surface area contributed by atoms with Crippen LogP contribution in [0.5, 0.6) is 0 Å². The molecular formula is C17H17N3O4. The highest BCUT2D eigenvalue weighted by Crippen LogP contribution is 2.39. The zero-order valence-corrected chi connectivity index (χ0v) is 12.9. The van der Waals surface area contributed by atoms with Crippen LogP contribution in [0.4, 0.5) is 5.69 Å². The number of nitrogens with zero attached hydrogens (tertiary/aromatic N) is 2. The van der Waals surface area contributed by atoms with Gasteiger partial charge >= 0.3 is 5.97 Å². The standard InChI is InChI=1S/C17H17N3O4/c21-16(11-9-10-5-6-15(11)24-10)18-12-3-1-2-4-14(12)20-8-7-13(19-20)17(22)23/h1-4,7-8,10-11,15H,5-6,9H2,(H,18,21)(H,22,23). The summed E-state index contributed by atoms with van der Waals surface area (Å²) >= 11 is 0. The Labute approximate surface area is 138 Å². The van der Waals surface area contributed by atoms with Crippen molar-refractivity contribution in [3.63, 3.8) is 0 Å². The van der Waals surface area contributed by atoms with Gasteiger partial charge < -0.3 is 15.2 Å². The van der Waals surface area contributed by atoms with Crippen molar-refractivity contribution in [3.8, 4) is 5.69 Å². The Bertz CT molecular complexity index is 801. The lowest BCUT2D eigenvalue weighted by atomic mass is 9.88. The molecule has 1 amide bonds. The van der Waals surface area contributed by atoms with E-state index >= 15 is 0 Å². The third kappa shape index (κ3) is 2.56. The summed E-state index contributed by atoms with van der Waals surface area (Å²) in [6.07, 6.45) is 4.54. The molecule has 7 heteroatoms. The van der Waals surface area contributed by atoms with Gasteiger partial charge in [0.25, 0.3) is 0 Å². The minimum atomic E-state index is -1.09. The second kappa shape index (κ2) is 5.76. The number of carboxylic acids is 1. The van der Waals surface area contributed by atoms with Crippen LogP contribution in [-0.2, 0) is 9.53 Å². The van der Waals surface area contributed by atoms with Gasteiger partial charge in [-0.15, -0.1) is 0 Å². The summed E-state index contributed by atoms with van der Waals surface area (Å²) < 4.78 is 7.20. The normalized spacial score (nSPS) is 24.9. The third-order valence-corrected chi connectivity index (χ3v) is 4.66. The molecule has 124 valence electrons. The second-order valence-corrected chi connectivity index (χ2v) is 6.17. The zero-order chi connectivity index (χ0) is 16.7. The molecule has 24 heavy (non-hydrogen) atoms. The van der Waals surface area contributed by atoms with Crippen LogP contribution < -0.4 is 5.32 Å². The molecule has 3 atom stereocenters. The molecule has 4 rings (SSSR count). The van der Waals surface area contributed by atoms with Crippen LogP contribution >= 0.6 is 0 Å². The van der Waals surface area contributed by atoms with Gasteiger partial charge in [-0.3, -0.25) is 4.79 Å². The SMILES string of the molecule is O=C(O)c1ccn(-c2ccccc2NC(=O)C2CC3CCC2O3)n1. The van der Waals surface area contributed by atoms with Crippen LogP contribution in [0.25, 0.3) is 5.69 Å². The fourth-order valence-corrected chi connectivity index (χ4v) is 3.49. The Balaban J connectivity index is 1.57. The summed E-state index contributed by atoms with van der Waals surface area (Å²) in [5, 5.41) is 16.0. The van der Waals surface area contributed by atoms with E-state index in [1.165, 1.54) is 10.7 Å². The van der Waals surface area contributed by atoms with E-state index in [2.05, 4.69) is 10.4 Å². The lowest BCUT2D eigenvalue weighted by Gasteiger charge is -2.19. The van der Waals surface area contributed by atoms with E-state index in [4.69, 9.17) is 9.84 Å². The smallest absolute Gasteiger partial charge is 0.356 e. The number of ether oxygens (including phenoxy) is 1. The van der Waals surface area contributed by atoms with Gasteiger partial charge in [0.15, 0.2) is 5.69 Å².